The van der Waals surface area contributed by atoms with Crippen LogP contribution in [0.3, 0.4) is 0 Å². The molecule has 0 amide bonds. The minimum Gasteiger partial charge on any atom is -0.495 e. The standard InChI is InChI=1S/C11H13ClFNO/c1-15-10-7(11(6-14)4-5-11)2-3-8(13)9(10)12/h2-3H,4-6,14H2,1H3. The number of hydrogen-bond donors (Lipinski definition) is 1. The largest absolute Gasteiger partial charge is 0.495 e. The van der Waals surface area contributed by atoms with Gasteiger partial charge in [-0.15, -0.1) is 0 Å². The first-order valence-electron chi connectivity index (χ1n) is 4.87. The second kappa shape index (κ2) is 3.65. The number of halogens is 2. The molecule has 0 atom stereocenters. The van der Waals surface area contributed by atoms with E-state index in [0.29, 0.717) is 12.3 Å². The predicted octanol–water partition coefficient (Wildman–Crippen LogP) is 2.48. The van der Waals surface area contributed by atoms with Crippen LogP contribution in [-0.4, -0.2) is 13.7 Å². The molecule has 15 heavy (non-hydrogen) atoms. The zero-order valence-corrected chi connectivity index (χ0v) is 9.27. The zero-order valence-electron chi connectivity index (χ0n) is 8.52. The van der Waals surface area contributed by atoms with E-state index in [1.54, 1.807) is 6.07 Å². The zero-order chi connectivity index (χ0) is 11.1. The van der Waals surface area contributed by atoms with E-state index in [4.69, 9.17) is 22.1 Å². The molecule has 2 N–H and O–H groups in total. The monoisotopic (exact) mass is 229 g/mol. The fraction of sp³-hybridized carbons (Fsp3) is 0.455. The van der Waals surface area contributed by atoms with Crippen molar-refractivity contribution in [2.75, 3.05) is 13.7 Å². The maximum Gasteiger partial charge on any atom is 0.145 e. The van der Waals surface area contributed by atoms with Gasteiger partial charge in [-0.05, 0) is 18.9 Å². The molecule has 2 nitrogen and oxygen atoms in total. The van der Waals surface area contributed by atoms with Crippen LogP contribution in [0.25, 0.3) is 0 Å². The fourth-order valence-electron chi connectivity index (χ4n) is 1.88. The Balaban J connectivity index is 2.52. The second-order valence-corrected chi connectivity index (χ2v) is 4.30. The third-order valence-corrected chi connectivity index (χ3v) is 3.42. The predicted molar refractivity (Wildman–Crippen MR) is 57.9 cm³/mol. The fourth-order valence-corrected chi connectivity index (χ4v) is 2.13. The maximum atomic E-state index is 13.2. The van der Waals surface area contributed by atoms with Crippen molar-refractivity contribution in [1.82, 2.24) is 0 Å². The Bertz CT molecular complexity index is 390. The molecule has 1 saturated carbocycles. The topological polar surface area (TPSA) is 35.2 Å². The van der Waals surface area contributed by atoms with Crippen molar-refractivity contribution in [3.05, 3.63) is 28.5 Å². The average Bonchev–Trinajstić information content (AvgIpc) is 3.02. The highest BCUT2D eigenvalue weighted by atomic mass is 35.5. The van der Waals surface area contributed by atoms with Gasteiger partial charge in [0.15, 0.2) is 0 Å². The van der Waals surface area contributed by atoms with Crippen molar-refractivity contribution < 1.29 is 9.13 Å². The highest BCUT2D eigenvalue weighted by molar-refractivity contribution is 6.32. The van der Waals surface area contributed by atoms with E-state index in [0.717, 1.165) is 18.4 Å². The van der Waals surface area contributed by atoms with Gasteiger partial charge in [-0.1, -0.05) is 17.7 Å². The molecule has 1 aliphatic rings. The Morgan fingerprint density at radius 3 is 2.67 bits per heavy atom. The number of methoxy groups -OCH3 is 1. The summed E-state index contributed by atoms with van der Waals surface area (Å²) >= 11 is 5.85. The third-order valence-electron chi connectivity index (χ3n) is 3.07. The van der Waals surface area contributed by atoms with Crippen LogP contribution >= 0.6 is 11.6 Å². The molecule has 82 valence electrons. The van der Waals surface area contributed by atoms with Gasteiger partial charge in [0.1, 0.15) is 16.6 Å². The molecule has 0 spiro atoms. The molecular formula is C11H13ClFNO. The number of rotatable bonds is 3. The van der Waals surface area contributed by atoms with Crippen molar-refractivity contribution in [2.24, 2.45) is 5.73 Å². The number of hydrogen-bond acceptors (Lipinski definition) is 2. The van der Waals surface area contributed by atoms with Gasteiger partial charge < -0.3 is 10.5 Å². The molecule has 1 aromatic carbocycles. The van der Waals surface area contributed by atoms with E-state index in [9.17, 15) is 4.39 Å². The lowest BCUT2D eigenvalue weighted by Gasteiger charge is -2.18. The van der Waals surface area contributed by atoms with Gasteiger partial charge in [0.05, 0.1) is 7.11 Å². The summed E-state index contributed by atoms with van der Waals surface area (Å²) in [4.78, 5) is 0. The lowest BCUT2D eigenvalue weighted by Crippen LogP contribution is -2.20. The summed E-state index contributed by atoms with van der Waals surface area (Å²) in [5.41, 5.74) is 6.61. The summed E-state index contributed by atoms with van der Waals surface area (Å²) in [5, 5.41) is 0.0507. The molecule has 0 saturated heterocycles. The Kier molecular flexibility index (Phi) is 2.61. The molecule has 1 fully saturated rings. The van der Waals surface area contributed by atoms with Gasteiger partial charge in [0.25, 0.3) is 0 Å². The van der Waals surface area contributed by atoms with Crippen LogP contribution in [0.1, 0.15) is 18.4 Å². The number of nitrogens with two attached hydrogens (primary N) is 1. The van der Waals surface area contributed by atoms with Gasteiger partial charge in [-0.2, -0.15) is 0 Å². The quantitative estimate of drug-likeness (QED) is 0.864. The van der Waals surface area contributed by atoms with Crippen molar-refractivity contribution >= 4 is 11.6 Å². The summed E-state index contributed by atoms with van der Waals surface area (Å²) in [5.74, 6) is -0.0234. The molecule has 0 aliphatic heterocycles. The van der Waals surface area contributed by atoms with Crippen LogP contribution < -0.4 is 10.5 Å². The van der Waals surface area contributed by atoms with Gasteiger partial charge in [0.2, 0.25) is 0 Å². The smallest absolute Gasteiger partial charge is 0.145 e. The van der Waals surface area contributed by atoms with Crippen LogP contribution in [0.2, 0.25) is 5.02 Å². The van der Waals surface area contributed by atoms with E-state index < -0.39 is 5.82 Å². The lowest BCUT2D eigenvalue weighted by molar-refractivity contribution is 0.401. The molecule has 4 heteroatoms. The SMILES string of the molecule is COc1c(C2(CN)CC2)ccc(F)c1Cl. The van der Waals surface area contributed by atoms with Crippen LogP contribution in [-0.2, 0) is 5.41 Å². The van der Waals surface area contributed by atoms with E-state index in [-0.39, 0.29) is 10.4 Å². The Labute approximate surface area is 93.2 Å². The molecular weight excluding hydrogens is 217 g/mol. The molecule has 1 aliphatic carbocycles. The Morgan fingerprint density at radius 2 is 2.20 bits per heavy atom. The Morgan fingerprint density at radius 1 is 1.53 bits per heavy atom. The molecule has 0 heterocycles. The molecule has 0 radical (unpaired) electrons. The van der Waals surface area contributed by atoms with Crippen molar-refractivity contribution in [1.29, 1.82) is 0 Å². The lowest BCUT2D eigenvalue weighted by atomic mass is 9.95. The van der Waals surface area contributed by atoms with Gasteiger partial charge >= 0.3 is 0 Å². The summed E-state index contributed by atoms with van der Waals surface area (Å²) in [6.07, 6.45) is 2.03. The van der Waals surface area contributed by atoms with Crippen molar-refractivity contribution in [3.8, 4) is 5.75 Å². The van der Waals surface area contributed by atoms with Crippen molar-refractivity contribution in [2.45, 2.75) is 18.3 Å². The minimum atomic E-state index is -0.454. The average molecular weight is 230 g/mol. The second-order valence-electron chi connectivity index (χ2n) is 3.93. The first-order chi connectivity index (χ1) is 7.14. The summed E-state index contributed by atoms with van der Waals surface area (Å²) in [6.45, 7) is 0.547. The van der Waals surface area contributed by atoms with Crippen molar-refractivity contribution in [3.63, 3.8) is 0 Å². The molecule has 0 aromatic heterocycles. The van der Waals surface area contributed by atoms with Crippen LogP contribution in [0.4, 0.5) is 4.39 Å². The Hall–Kier alpha value is -0.800. The van der Waals surface area contributed by atoms with Gasteiger partial charge in [0, 0.05) is 17.5 Å². The summed E-state index contributed by atoms with van der Waals surface area (Å²) in [6, 6.07) is 3.09. The van der Waals surface area contributed by atoms with E-state index in [1.807, 2.05) is 0 Å². The molecule has 2 rings (SSSR count). The number of benzene rings is 1. The normalized spacial score (nSPS) is 17.6. The first-order valence-corrected chi connectivity index (χ1v) is 5.25. The maximum absolute atomic E-state index is 13.2. The van der Waals surface area contributed by atoms with Crippen LogP contribution in [0.15, 0.2) is 12.1 Å². The third kappa shape index (κ3) is 1.60. The van der Waals surface area contributed by atoms with Crippen LogP contribution in [0.5, 0.6) is 5.75 Å². The molecule has 1 aromatic rings. The summed E-state index contributed by atoms with van der Waals surface area (Å²) in [7, 11) is 1.50. The van der Waals surface area contributed by atoms with Gasteiger partial charge in [-0.25, -0.2) is 4.39 Å². The first kappa shape index (κ1) is 10.7. The molecule has 0 bridgehead atoms. The number of ether oxygens (including phenoxy) is 1. The van der Waals surface area contributed by atoms with E-state index >= 15 is 0 Å². The van der Waals surface area contributed by atoms with E-state index in [2.05, 4.69) is 0 Å². The van der Waals surface area contributed by atoms with E-state index in [1.165, 1.54) is 13.2 Å². The van der Waals surface area contributed by atoms with Crippen LogP contribution in [0, 0.1) is 5.82 Å². The minimum absolute atomic E-state index is 0.0390. The highest BCUT2D eigenvalue weighted by Gasteiger charge is 2.45. The highest BCUT2D eigenvalue weighted by Crippen LogP contribution is 2.52. The molecule has 0 unspecified atom stereocenters. The summed E-state index contributed by atoms with van der Waals surface area (Å²) < 4.78 is 18.4. The van der Waals surface area contributed by atoms with Gasteiger partial charge in [-0.3, -0.25) is 0 Å².